The Labute approximate surface area is 169 Å². The fourth-order valence-corrected chi connectivity index (χ4v) is 3.26. The minimum Gasteiger partial charge on any atom is -0.508 e. The number of hydrogen-bond acceptors (Lipinski definition) is 4. The molecule has 1 atom stereocenters. The Morgan fingerprint density at radius 2 is 1.76 bits per heavy atom. The number of benzene rings is 2. The number of urea groups is 1. The summed E-state index contributed by atoms with van der Waals surface area (Å²) in [4.78, 5) is 26.8. The lowest BCUT2D eigenvalue weighted by molar-refractivity contribution is -0.153. The number of halogens is 1. The van der Waals surface area contributed by atoms with E-state index in [0.717, 1.165) is 11.1 Å². The standard InChI is InChI=1S/C21H25FN4O3/c1-15(11-16-5-9-19(27)10-6-16)25-14-26(24(2)13-20(25)28)21(29)23-12-17-3-7-18(22)8-4-17/h3-10,15,27H,11-14H2,1-2H3,(H,23,29). The summed E-state index contributed by atoms with van der Waals surface area (Å²) in [6.07, 6.45) is 0.612. The van der Waals surface area contributed by atoms with E-state index in [4.69, 9.17) is 0 Å². The van der Waals surface area contributed by atoms with Gasteiger partial charge in [0, 0.05) is 19.6 Å². The van der Waals surface area contributed by atoms with E-state index in [-0.39, 0.29) is 49.3 Å². The van der Waals surface area contributed by atoms with Gasteiger partial charge in [-0.1, -0.05) is 24.3 Å². The van der Waals surface area contributed by atoms with Crippen molar-refractivity contribution in [3.63, 3.8) is 0 Å². The molecule has 0 spiro atoms. The fourth-order valence-electron chi connectivity index (χ4n) is 3.26. The van der Waals surface area contributed by atoms with E-state index in [2.05, 4.69) is 5.32 Å². The second-order valence-corrected chi connectivity index (χ2v) is 7.23. The molecule has 0 bridgehead atoms. The zero-order valence-electron chi connectivity index (χ0n) is 16.5. The Balaban J connectivity index is 1.61. The third kappa shape index (κ3) is 5.23. The molecule has 7 nitrogen and oxygen atoms in total. The van der Waals surface area contributed by atoms with Crippen LogP contribution in [0.1, 0.15) is 18.1 Å². The first kappa shape index (κ1) is 20.6. The molecule has 3 rings (SSSR count). The smallest absolute Gasteiger partial charge is 0.333 e. The highest BCUT2D eigenvalue weighted by Crippen LogP contribution is 2.17. The molecule has 29 heavy (non-hydrogen) atoms. The van der Waals surface area contributed by atoms with E-state index in [1.165, 1.54) is 17.1 Å². The predicted molar refractivity (Wildman–Crippen MR) is 106 cm³/mol. The molecule has 1 heterocycles. The third-order valence-corrected chi connectivity index (χ3v) is 4.97. The van der Waals surface area contributed by atoms with Crippen molar-refractivity contribution in [1.82, 2.24) is 20.2 Å². The minimum absolute atomic E-state index is 0.0543. The van der Waals surface area contributed by atoms with Crippen LogP contribution in [0.5, 0.6) is 5.75 Å². The summed E-state index contributed by atoms with van der Waals surface area (Å²) in [6, 6.07) is 12.3. The summed E-state index contributed by atoms with van der Waals surface area (Å²) in [6.45, 7) is 2.44. The number of carbonyl (C=O) groups excluding carboxylic acids is 2. The van der Waals surface area contributed by atoms with E-state index in [1.807, 2.05) is 19.1 Å². The Hall–Kier alpha value is -3.13. The van der Waals surface area contributed by atoms with Crippen LogP contribution < -0.4 is 5.32 Å². The minimum atomic E-state index is -0.328. The van der Waals surface area contributed by atoms with Crippen LogP contribution in [0.4, 0.5) is 9.18 Å². The number of likely N-dealkylation sites (N-methyl/N-ethyl adjacent to an activating group) is 1. The van der Waals surface area contributed by atoms with Gasteiger partial charge < -0.3 is 15.3 Å². The van der Waals surface area contributed by atoms with Crippen molar-refractivity contribution >= 4 is 11.9 Å². The zero-order chi connectivity index (χ0) is 21.0. The average molecular weight is 400 g/mol. The van der Waals surface area contributed by atoms with Crippen LogP contribution in [-0.2, 0) is 17.8 Å². The number of carbonyl (C=O) groups is 2. The maximum absolute atomic E-state index is 13.0. The molecule has 3 amide bonds. The quantitative estimate of drug-likeness (QED) is 0.808. The van der Waals surface area contributed by atoms with Crippen molar-refractivity contribution in [2.45, 2.75) is 25.9 Å². The van der Waals surface area contributed by atoms with Gasteiger partial charge in [0.2, 0.25) is 5.91 Å². The topological polar surface area (TPSA) is 76.1 Å². The van der Waals surface area contributed by atoms with E-state index in [0.29, 0.717) is 6.42 Å². The highest BCUT2D eigenvalue weighted by Gasteiger charge is 2.33. The van der Waals surface area contributed by atoms with Crippen molar-refractivity contribution in [3.8, 4) is 5.75 Å². The summed E-state index contributed by atoms with van der Waals surface area (Å²) >= 11 is 0. The molecule has 2 N–H and O–H groups in total. The Kier molecular flexibility index (Phi) is 6.33. The number of amides is 3. The van der Waals surface area contributed by atoms with Gasteiger partial charge in [-0.05, 0) is 48.7 Å². The summed E-state index contributed by atoms with van der Waals surface area (Å²) in [5, 5.41) is 15.3. The van der Waals surface area contributed by atoms with Gasteiger partial charge >= 0.3 is 6.03 Å². The molecule has 0 aromatic heterocycles. The number of nitrogens with zero attached hydrogens (tertiary/aromatic N) is 3. The lowest BCUT2D eigenvalue weighted by Gasteiger charge is -2.43. The Morgan fingerprint density at radius 1 is 1.14 bits per heavy atom. The van der Waals surface area contributed by atoms with E-state index in [9.17, 15) is 19.1 Å². The molecular formula is C21H25FN4O3. The Morgan fingerprint density at radius 3 is 2.41 bits per heavy atom. The Bertz CT molecular complexity index is 857. The van der Waals surface area contributed by atoms with E-state index in [1.54, 1.807) is 41.2 Å². The monoisotopic (exact) mass is 400 g/mol. The van der Waals surface area contributed by atoms with Crippen LogP contribution in [0, 0.1) is 5.82 Å². The maximum atomic E-state index is 13.0. The summed E-state index contributed by atoms with van der Waals surface area (Å²) in [7, 11) is 1.69. The van der Waals surface area contributed by atoms with Crippen LogP contribution in [0.3, 0.4) is 0 Å². The van der Waals surface area contributed by atoms with Gasteiger partial charge in [-0.15, -0.1) is 0 Å². The molecule has 154 valence electrons. The highest BCUT2D eigenvalue weighted by molar-refractivity contribution is 5.82. The molecule has 1 fully saturated rings. The largest absolute Gasteiger partial charge is 0.508 e. The molecule has 1 aliphatic rings. The molecule has 1 unspecified atom stereocenters. The van der Waals surface area contributed by atoms with Gasteiger partial charge in [-0.25, -0.2) is 19.2 Å². The highest BCUT2D eigenvalue weighted by atomic mass is 19.1. The van der Waals surface area contributed by atoms with Crippen LogP contribution in [0.2, 0.25) is 0 Å². The van der Waals surface area contributed by atoms with Crippen LogP contribution >= 0.6 is 0 Å². The number of nitrogens with one attached hydrogen (secondary N) is 1. The molecule has 0 aliphatic carbocycles. The number of rotatable bonds is 5. The van der Waals surface area contributed by atoms with E-state index >= 15 is 0 Å². The van der Waals surface area contributed by atoms with Crippen LogP contribution in [0.15, 0.2) is 48.5 Å². The summed E-state index contributed by atoms with van der Waals surface area (Å²) in [5.41, 5.74) is 1.78. The predicted octanol–water partition coefficient (Wildman–Crippen LogP) is 2.32. The number of phenols is 1. The van der Waals surface area contributed by atoms with Crippen molar-refractivity contribution in [2.24, 2.45) is 0 Å². The van der Waals surface area contributed by atoms with Crippen molar-refractivity contribution < 1.29 is 19.1 Å². The van der Waals surface area contributed by atoms with Gasteiger partial charge in [-0.3, -0.25) is 4.79 Å². The molecule has 0 radical (unpaired) electrons. The second-order valence-electron chi connectivity index (χ2n) is 7.23. The van der Waals surface area contributed by atoms with Crippen LogP contribution in [-0.4, -0.2) is 58.3 Å². The maximum Gasteiger partial charge on any atom is 0.333 e. The molecule has 1 saturated heterocycles. The lowest BCUT2D eigenvalue weighted by atomic mass is 10.1. The number of aromatic hydroxyl groups is 1. The molecule has 2 aromatic carbocycles. The normalized spacial score (nSPS) is 16.0. The SMILES string of the molecule is CC(Cc1ccc(O)cc1)N1CN(C(=O)NCc2ccc(F)cc2)N(C)CC1=O. The second kappa shape index (κ2) is 8.91. The van der Waals surface area contributed by atoms with Crippen molar-refractivity contribution in [3.05, 3.63) is 65.5 Å². The summed E-state index contributed by atoms with van der Waals surface area (Å²) in [5.74, 6) is -0.185. The number of hydrazine groups is 1. The van der Waals surface area contributed by atoms with Crippen molar-refractivity contribution in [1.29, 1.82) is 0 Å². The number of hydrogen-bond donors (Lipinski definition) is 2. The van der Waals surface area contributed by atoms with E-state index < -0.39 is 0 Å². The van der Waals surface area contributed by atoms with Gasteiger partial charge in [0.05, 0.1) is 6.54 Å². The van der Waals surface area contributed by atoms with Gasteiger partial charge in [0.15, 0.2) is 0 Å². The first-order valence-corrected chi connectivity index (χ1v) is 9.41. The fraction of sp³-hybridized carbons (Fsp3) is 0.333. The molecule has 8 heteroatoms. The zero-order valence-corrected chi connectivity index (χ0v) is 16.5. The number of phenolic OH excluding ortho intramolecular Hbond substituents is 1. The van der Waals surface area contributed by atoms with Gasteiger partial charge in [0.25, 0.3) is 0 Å². The molecule has 1 aliphatic heterocycles. The van der Waals surface area contributed by atoms with Gasteiger partial charge in [-0.2, -0.15) is 0 Å². The molecule has 0 saturated carbocycles. The van der Waals surface area contributed by atoms with Gasteiger partial charge in [0.1, 0.15) is 18.2 Å². The van der Waals surface area contributed by atoms with Crippen LogP contribution in [0.25, 0.3) is 0 Å². The summed E-state index contributed by atoms with van der Waals surface area (Å²) < 4.78 is 13.0. The molecule has 2 aromatic rings. The lowest BCUT2D eigenvalue weighted by Crippen LogP contribution is -2.63. The molecular weight excluding hydrogens is 375 g/mol. The first-order chi connectivity index (χ1) is 13.8. The van der Waals surface area contributed by atoms with Crippen molar-refractivity contribution in [2.75, 3.05) is 20.3 Å². The first-order valence-electron chi connectivity index (χ1n) is 9.41. The average Bonchev–Trinajstić information content (AvgIpc) is 2.69. The third-order valence-electron chi connectivity index (χ3n) is 4.97.